The Balaban J connectivity index is 1.90. The highest BCUT2D eigenvalue weighted by molar-refractivity contribution is 5.91. The number of aryl methyl sites for hydroxylation is 2. The van der Waals surface area contributed by atoms with E-state index >= 15 is 0 Å². The van der Waals surface area contributed by atoms with E-state index in [0.717, 1.165) is 5.56 Å². The molecule has 4 aromatic rings. The summed E-state index contributed by atoms with van der Waals surface area (Å²) in [6.45, 7) is 5.68. The molecule has 0 atom stereocenters. The summed E-state index contributed by atoms with van der Waals surface area (Å²) in [7, 11) is 0. The number of carbonyl (C=O) groups excluding carboxylic acids is 1. The summed E-state index contributed by atoms with van der Waals surface area (Å²) in [5, 5.41) is 16.1. The van der Waals surface area contributed by atoms with Gasteiger partial charge in [-0.05, 0) is 55.2 Å². The summed E-state index contributed by atoms with van der Waals surface area (Å²) < 4.78 is 22.1. The molecule has 0 radical (unpaired) electrons. The van der Waals surface area contributed by atoms with Gasteiger partial charge in [0.15, 0.2) is 11.5 Å². The van der Waals surface area contributed by atoms with Gasteiger partial charge in [0.25, 0.3) is 0 Å². The normalized spacial score (nSPS) is 11.0. The molecule has 0 saturated heterocycles. The van der Waals surface area contributed by atoms with E-state index in [2.05, 4.69) is 10.1 Å². The van der Waals surface area contributed by atoms with Crippen LogP contribution < -0.4 is 0 Å². The standard InChI is InChI=1S/C25H24FN5O4/c1-4-35-25(32)23-21(13-14-29-17(3)27-15-22(29)31(33)34)24(18-7-9-19(26)10-8-18)30(28-23)20-11-5-16(2)6-12-20/h5-12,15H,4,13-14H2,1-3H3. The van der Waals surface area contributed by atoms with E-state index < -0.39 is 16.7 Å². The van der Waals surface area contributed by atoms with Gasteiger partial charge in [-0.2, -0.15) is 5.10 Å². The van der Waals surface area contributed by atoms with E-state index in [1.165, 1.54) is 22.9 Å². The number of imidazole rings is 1. The van der Waals surface area contributed by atoms with E-state index in [0.29, 0.717) is 28.3 Å². The van der Waals surface area contributed by atoms with Crippen LogP contribution in [0.3, 0.4) is 0 Å². The number of benzene rings is 2. The van der Waals surface area contributed by atoms with Crippen LogP contribution in [0.1, 0.15) is 34.4 Å². The highest BCUT2D eigenvalue weighted by atomic mass is 19.1. The molecule has 0 spiro atoms. The van der Waals surface area contributed by atoms with Crippen LogP contribution in [-0.4, -0.2) is 36.8 Å². The maximum absolute atomic E-state index is 13.7. The summed E-state index contributed by atoms with van der Waals surface area (Å²) >= 11 is 0. The first-order chi connectivity index (χ1) is 16.8. The summed E-state index contributed by atoms with van der Waals surface area (Å²) in [4.78, 5) is 27.9. The molecule has 2 heterocycles. The Bertz CT molecular complexity index is 1370. The Morgan fingerprint density at radius 3 is 2.43 bits per heavy atom. The number of aromatic nitrogens is 4. The van der Waals surface area contributed by atoms with Crippen LogP contribution in [-0.2, 0) is 17.7 Å². The highest BCUT2D eigenvalue weighted by Gasteiger charge is 2.27. The molecule has 0 unspecified atom stereocenters. The molecule has 4 rings (SSSR count). The first-order valence-electron chi connectivity index (χ1n) is 11.1. The van der Waals surface area contributed by atoms with Crippen molar-refractivity contribution in [3.8, 4) is 16.9 Å². The lowest BCUT2D eigenvalue weighted by Gasteiger charge is -2.11. The molecule has 0 aliphatic rings. The number of nitro groups is 1. The van der Waals surface area contributed by atoms with Crippen LogP contribution >= 0.6 is 0 Å². The molecule has 180 valence electrons. The summed E-state index contributed by atoms with van der Waals surface area (Å²) in [6, 6.07) is 13.5. The van der Waals surface area contributed by atoms with Gasteiger partial charge in [-0.15, -0.1) is 0 Å². The Morgan fingerprint density at radius 2 is 1.80 bits per heavy atom. The molecule has 2 aromatic carbocycles. The SMILES string of the molecule is CCOC(=O)c1nn(-c2ccc(C)cc2)c(-c2ccc(F)cc2)c1CCn1c([N+](=O)[O-])cnc1C. The van der Waals surface area contributed by atoms with Crippen LogP contribution in [0.25, 0.3) is 16.9 Å². The fourth-order valence-electron chi connectivity index (χ4n) is 3.93. The number of nitrogens with zero attached hydrogens (tertiary/aromatic N) is 5. The summed E-state index contributed by atoms with van der Waals surface area (Å²) in [5.74, 6) is -0.668. The Kier molecular flexibility index (Phi) is 6.72. The zero-order chi connectivity index (χ0) is 25.1. The van der Waals surface area contributed by atoms with Gasteiger partial charge in [-0.3, -0.25) is 0 Å². The molecular weight excluding hydrogens is 453 g/mol. The van der Waals surface area contributed by atoms with Crippen molar-refractivity contribution >= 4 is 11.8 Å². The lowest BCUT2D eigenvalue weighted by molar-refractivity contribution is -0.392. The molecule has 0 aliphatic heterocycles. The number of ether oxygens (including phenoxy) is 1. The van der Waals surface area contributed by atoms with Crippen LogP contribution in [0.15, 0.2) is 54.7 Å². The first kappa shape index (κ1) is 23.8. The van der Waals surface area contributed by atoms with Crippen molar-refractivity contribution in [2.24, 2.45) is 0 Å². The second-order valence-corrected chi connectivity index (χ2v) is 7.97. The predicted molar refractivity (Wildman–Crippen MR) is 127 cm³/mol. The fourth-order valence-corrected chi connectivity index (χ4v) is 3.93. The minimum absolute atomic E-state index is 0.104. The van der Waals surface area contributed by atoms with Gasteiger partial charge in [-0.1, -0.05) is 17.7 Å². The van der Waals surface area contributed by atoms with Crippen molar-refractivity contribution in [3.63, 3.8) is 0 Å². The van der Waals surface area contributed by atoms with Crippen molar-refractivity contribution in [2.75, 3.05) is 6.61 Å². The topological polar surface area (TPSA) is 105 Å². The third kappa shape index (κ3) is 4.81. The Morgan fingerprint density at radius 1 is 1.11 bits per heavy atom. The zero-order valence-electron chi connectivity index (χ0n) is 19.6. The average Bonchev–Trinajstić information content (AvgIpc) is 3.39. The Labute approximate surface area is 200 Å². The second kappa shape index (κ2) is 9.88. The van der Waals surface area contributed by atoms with E-state index in [1.807, 2.05) is 31.2 Å². The molecule has 2 aromatic heterocycles. The molecule has 10 heteroatoms. The predicted octanol–water partition coefficient (Wildman–Crippen LogP) is 4.82. The molecule has 0 fully saturated rings. The lowest BCUT2D eigenvalue weighted by Crippen LogP contribution is -2.12. The second-order valence-electron chi connectivity index (χ2n) is 7.97. The molecule has 0 N–H and O–H groups in total. The molecule has 35 heavy (non-hydrogen) atoms. The van der Waals surface area contributed by atoms with Gasteiger partial charge in [0, 0.05) is 24.5 Å². The number of hydrogen-bond acceptors (Lipinski definition) is 6. The quantitative estimate of drug-likeness (QED) is 0.205. The highest BCUT2D eigenvalue weighted by Crippen LogP contribution is 2.31. The third-order valence-electron chi connectivity index (χ3n) is 5.65. The van der Waals surface area contributed by atoms with Gasteiger partial charge in [-0.25, -0.2) is 23.4 Å². The summed E-state index contributed by atoms with van der Waals surface area (Å²) in [5.41, 5.74) is 3.62. The monoisotopic (exact) mass is 477 g/mol. The van der Waals surface area contributed by atoms with Crippen molar-refractivity contribution in [1.82, 2.24) is 19.3 Å². The van der Waals surface area contributed by atoms with E-state index in [9.17, 15) is 19.3 Å². The van der Waals surface area contributed by atoms with Gasteiger partial charge in [0.2, 0.25) is 0 Å². The number of hydrogen-bond donors (Lipinski definition) is 0. The molecule has 0 amide bonds. The fraction of sp³-hybridized carbons (Fsp3) is 0.240. The van der Waals surface area contributed by atoms with Crippen molar-refractivity contribution in [2.45, 2.75) is 33.7 Å². The molecule has 0 bridgehead atoms. The lowest BCUT2D eigenvalue weighted by atomic mass is 10.0. The number of carbonyl (C=O) groups is 1. The van der Waals surface area contributed by atoms with E-state index in [4.69, 9.17) is 4.74 Å². The smallest absolute Gasteiger partial charge is 0.359 e. The Hall–Kier alpha value is -4.34. The summed E-state index contributed by atoms with van der Waals surface area (Å²) in [6.07, 6.45) is 1.43. The third-order valence-corrected chi connectivity index (χ3v) is 5.65. The van der Waals surface area contributed by atoms with Crippen LogP contribution in [0.4, 0.5) is 10.2 Å². The van der Waals surface area contributed by atoms with Crippen molar-refractivity contribution in [3.05, 3.63) is 93.3 Å². The maximum atomic E-state index is 13.7. The molecule has 9 nitrogen and oxygen atoms in total. The van der Waals surface area contributed by atoms with E-state index in [-0.39, 0.29) is 31.1 Å². The minimum atomic E-state index is -0.603. The van der Waals surface area contributed by atoms with Crippen molar-refractivity contribution in [1.29, 1.82) is 0 Å². The van der Waals surface area contributed by atoms with Crippen LogP contribution in [0, 0.1) is 29.8 Å². The zero-order valence-corrected chi connectivity index (χ0v) is 19.6. The number of halogens is 1. The maximum Gasteiger partial charge on any atom is 0.359 e. The van der Waals surface area contributed by atoms with Crippen LogP contribution in [0.5, 0.6) is 0 Å². The average molecular weight is 477 g/mol. The molecular formula is C25H24FN5O4. The minimum Gasteiger partial charge on any atom is -0.461 e. The molecule has 0 saturated carbocycles. The van der Waals surface area contributed by atoms with E-state index in [1.54, 1.807) is 30.7 Å². The van der Waals surface area contributed by atoms with Gasteiger partial charge in [0.1, 0.15) is 12.0 Å². The van der Waals surface area contributed by atoms with Gasteiger partial charge < -0.3 is 14.9 Å². The van der Waals surface area contributed by atoms with Crippen molar-refractivity contribution < 1.29 is 18.8 Å². The van der Waals surface area contributed by atoms with Gasteiger partial charge >= 0.3 is 11.8 Å². The first-order valence-corrected chi connectivity index (χ1v) is 11.1. The number of esters is 1. The molecule has 0 aliphatic carbocycles. The number of rotatable bonds is 8. The van der Waals surface area contributed by atoms with Gasteiger partial charge in [0.05, 0.1) is 24.5 Å². The van der Waals surface area contributed by atoms with Crippen LogP contribution in [0.2, 0.25) is 0 Å². The largest absolute Gasteiger partial charge is 0.461 e.